The van der Waals surface area contributed by atoms with Crippen LogP contribution in [-0.2, 0) is 11.4 Å². The van der Waals surface area contributed by atoms with Crippen LogP contribution in [0.2, 0.25) is 0 Å². The summed E-state index contributed by atoms with van der Waals surface area (Å²) in [5.41, 5.74) is 2.54. The molecule has 0 aliphatic carbocycles. The minimum absolute atomic E-state index is 0.0443. The molecule has 0 fully saturated rings. The minimum Gasteiger partial charge on any atom is -0.489 e. The molecule has 2 aromatic carbocycles. The Labute approximate surface area is 135 Å². The average Bonchev–Trinajstić information content (AvgIpc) is 2.60. The van der Waals surface area contributed by atoms with Gasteiger partial charge in [-0.2, -0.15) is 0 Å². The van der Waals surface area contributed by atoms with E-state index in [0.29, 0.717) is 24.5 Å². The number of aromatic nitrogens is 1. The first kappa shape index (κ1) is 15.0. The number of fused-ring (bicyclic) bond motifs is 1. The molecule has 3 aromatic rings. The maximum absolute atomic E-state index is 11.7. The van der Waals surface area contributed by atoms with Gasteiger partial charge < -0.3 is 10.1 Å². The van der Waals surface area contributed by atoms with E-state index in [1.165, 1.54) is 0 Å². The van der Waals surface area contributed by atoms with Crippen LogP contribution in [0, 0.1) is 0 Å². The summed E-state index contributed by atoms with van der Waals surface area (Å²) in [5.74, 6) is 0.665. The molecular formula is C19H18N2O2. The van der Waals surface area contributed by atoms with Crippen molar-refractivity contribution < 1.29 is 9.53 Å². The lowest BCUT2D eigenvalue weighted by Crippen LogP contribution is -2.10. The van der Waals surface area contributed by atoms with Crippen molar-refractivity contribution in [2.75, 3.05) is 5.32 Å². The fourth-order valence-electron chi connectivity index (χ4n) is 2.32. The van der Waals surface area contributed by atoms with Crippen LogP contribution >= 0.6 is 0 Å². The number of hydrogen-bond acceptors (Lipinski definition) is 3. The second-order valence-electron chi connectivity index (χ2n) is 5.22. The van der Waals surface area contributed by atoms with Gasteiger partial charge in [0.05, 0.1) is 11.2 Å². The highest BCUT2D eigenvalue weighted by atomic mass is 16.5. The van der Waals surface area contributed by atoms with Crippen molar-refractivity contribution in [3.05, 3.63) is 66.4 Å². The number of benzene rings is 2. The van der Waals surface area contributed by atoms with E-state index in [2.05, 4.69) is 10.3 Å². The Balaban J connectivity index is 1.89. The van der Waals surface area contributed by atoms with Gasteiger partial charge in [0.2, 0.25) is 5.91 Å². The van der Waals surface area contributed by atoms with E-state index >= 15 is 0 Å². The number of ether oxygens (including phenoxy) is 1. The number of anilines is 1. The smallest absolute Gasteiger partial charge is 0.224 e. The van der Waals surface area contributed by atoms with Gasteiger partial charge in [0.25, 0.3) is 0 Å². The first-order chi connectivity index (χ1) is 11.3. The second kappa shape index (κ2) is 6.92. The standard InChI is InChI=1S/C19H18N2O2/c1-2-18(22)21-17-12-16(11-15-9-6-10-20-19(15)17)23-13-14-7-4-3-5-8-14/h3-12H,2,13H2,1H3,(H,21,22). The number of pyridine rings is 1. The molecule has 0 unspecified atom stereocenters. The Morgan fingerprint density at radius 1 is 1.13 bits per heavy atom. The zero-order valence-electron chi connectivity index (χ0n) is 13.0. The summed E-state index contributed by atoms with van der Waals surface area (Å²) < 4.78 is 5.88. The highest BCUT2D eigenvalue weighted by Crippen LogP contribution is 2.28. The van der Waals surface area contributed by atoms with E-state index in [0.717, 1.165) is 16.5 Å². The van der Waals surface area contributed by atoms with Crippen LogP contribution in [0.5, 0.6) is 5.75 Å². The molecule has 116 valence electrons. The molecule has 1 aromatic heterocycles. The van der Waals surface area contributed by atoms with Gasteiger partial charge in [0.15, 0.2) is 0 Å². The number of rotatable bonds is 5. The zero-order chi connectivity index (χ0) is 16.1. The third-order valence-electron chi connectivity index (χ3n) is 3.52. The first-order valence-corrected chi connectivity index (χ1v) is 7.61. The molecular weight excluding hydrogens is 288 g/mol. The number of carbonyl (C=O) groups is 1. The van der Waals surface area contributed by atoms with Crippen LogP contribution in [0.1, 0.15) is 18.9 Å². The lowest BCUT2D eigenvalue weighted by Gasteiger charge is -2.12. The third kappa shape index (κ3) is 3.66. The van der Waals surface area contributed by atoms with Crippen molar-refractivity contribution in [3.63, 3.8) is 0 Å². The number of hydrogen-bond donors (Lipinski definition) is 1. The van der Waals surface area contributed by atoms with Crippen molar-refractivity contribution >= 4 is 22.5 Å². The fourth-order valence-corrected chi connectivity index (χ4v) is 2.32. The van der Waals surface area contributed by atoms with E-state index in [-0.39, 0.29) is 5.91 Å². The molecule has 1 heterocycles. The minimum atomic E-state index is -0.0443. The van der Waals surface area contributed by atoms with E-state index < -0.39 is 0 Å². The molecule has 1 N–H and O–H groups in total. The van der Waals surface area contributed by atoms with Crippen LogP contribution in [-0.4, -0.2) is 10.9 Å². The molecule has 0 spiro atoms. The third-order valence-corrected chi connectivity index (χ3v) is 3.52. The topological polar surface area (TPSA) is 51.2 Å². The van der Waals surface area contributed by atoms with Gasteiger partial charge >= 0.3 is 0 Å². The van der Waals surface area contributed by atoms with E-state index in [1.54, 1.807) is 6.20 Å². The summed E-state index contributed by atoms with van der Waals surface area (Å²) in [6, 6.07) is 17.6. The van der Waals surface area contributed by atoms with Crippen LogP contribution in [0.15, 0.2) is 60.8 Å². The molecule has 23 heavy (non-hydrogen) atoms. The summed E-state index contributed by atoms with van der Waals surface area (Å²) in [5, 5.41) is 3.83. The molecule has 1 amide bonds. The second-order valence-corrected chi connectivity index (χ2v) is 5.22. The van der Waals surface area contributed by atoms with Crippen LogP contribution in [0.25, 0.3) is 10.9 Å². The molecule has 0 aliphatic rings. The van der Waals surface area contributed by atoms with Gasteiger partial charge in [-0.1, -0.05) is 43.3 Å². The highest BCUT2D eigenvalue weighted by molar-refractivity contribution is 6.00. The highest BCUT2D eigenvalue weighted by Gasteiger charge is 2.08. The number of nitrogens with zero attached hydrogens (tertiary/aromatic N) is 1. The normalized spacial score (nSPS) is 10.5. The number of carbonyl (C=O) groups excluding carboxylic acids is 1. The van der Waals surface area contributed by atoms with Crippen molar-refractivity contribution in [2.24, 2.45) is 0 Å². The van der Waals surface area contributed by atoms with Gasteiger partial charge in [-0.05, 0) is 17.7 Å². The lowest BCUT2D eigenvalue weighted by atomic mass is 10.1. The summed E-state index contributed by atoms with van der Waals surface area (Å²) in [6.45, 7) is 2.30. The molecule has 0 bridgehead atoms. The van der Waals surface area contributed by atoms with Gasteiger partial charge in [-0.15, -0.1) is 0 Å². The van der Waals surface area contributed by atoms with Gasteiger partial charge in [0.1, 0.15) is 12.4 Å². The van der Waals surface area contributed by atoms with E-state index in [9.17, 15) is 4.79 Å². The quantitative estimate of drug-likeness (QED) is 0.770. The molecule has 0 atom stereocenters. The SMILES string of the molecule is CCC(=O)Nc1cc(OCc2ccccc2)cc2cccnc12. The summed E-state index contributed by atoms with van der Waals surface area (Å²) in [7, 11) is 0. The lowest BCUT2D eigenvalue weighted by molar-refractivity contribution is -0.115. The number of amides is 1. The molecule has 4 heteroatoms. The van der Waals surface area contributed by atoms with Crippen molar-refractivity contribution in [1.82, 2.24) is 4.98 Å². The van der Waals surface area contributed by atoms with Crippen LogP contribution < -0.4 is 10.1 Å². The largest absolute Gasteiger partial charge is 0.489 e. The van der Waals surface area contributed by atoms with Gasteiger partial charge in [0, 0.05) is 24.1 Å². The Hall–Kier alpha value is -2.88. The summed E-state index contributed by atoms with van der Waals surface area (Å²) in [4.78, 5) is 16.1. The van der Waals surface area contributed by atoms with Gasteiger partial charge in [-0.25, -0.2) is 0 Å². The maximum Gasteiger partial charge on any atom is 0.224 e. The van der Waals surface area contributed by atoms with Crippen LogP contribution in [0.4, 0.5) is 5.69 Å². The van der Waals surface area contributed by atoms with Crippen molar-refractivity contribution in [2.45, 2.75) is 20.0 Å². The molecule has 0 saturated carbocycles. The van der Waals surface area contributed by atoms with E-state index in [4.69, 9.17) is 4.74 Å². The summed E-state index contributed by atoms with van der Waals surface area (Å²) in [6.07, 6.45) is 2.14. The molecule has 0 saturated heterocycles. The Morgan fingerprint density at radius 2 is 1.96 bits per heavy atom. The van der Waals surface area contributed by atoms with E-state index in [1.807, 2.05) is 61.5 Å². The average molecular weight is 306 g/mol. The van der Waals surface area contributed by atoms with Crippen LogP contribution in [0.3, 0.4) is 0 Å². The molecule has 4 nitrogen and oxygen atoms in total. The predicted octanol–water partition coefficient (Wildman–Crippen LogP) is 4.16. The number of nitrogens with one attached hydrogen (secondary N) is 1. The fraction of sp³-hybridized carbons (Fsp3) is 0.158. The summed E-state index contributed by atoms with van der Waals surface area (Å²) >= 11 is 0. The monoisotopic (exact) mass is 306 g/mol. The zero-order valence-corrected chi connectivity index (χ0v) is 13.0. The first-order valence-electron chi connectivity index (χ1n) is 7.61. The van der Waals surface area contributed by atoms with Gasteiger partial charge in [-0.3, -0.25) is 9.78 Å². The Bertz CT molecular complexity index is 816. The Kier molecular flexibility index (Phi) is 4.52. The Morgan fingerprint density at radius 3 is 2.74 bits per heavy atom. The predicted molar refractivity (Wildman–Crippen MR) is 91.4 cm³/mol. The molecule has 0 aliphatic heterocycles. The molecule has 3 rings (SSSR count). The van der Waals surface area contributed by atoms with Crippen molar-refractivity contribution in [3.8, 4) is 5.75 Å². The van der Waals surface area contributed by atoms with Crippen molar-refractivity contribution in [1.29, 1.82) is 0 Å². The molecule has 0 radical (unpaired) electrons. The maximum atomic E-state index is 11.7.